The molecular formula is C24H18ClF3N6O2S. The molecule has 0 radical (unpaired) electrons. The SMILES string of the molecule is Cc1ccc(NC(=O)c2cnc(CCC(=O)c3ncnc(Nc4ccncc4)c3Cl)s2)cc1C(F)(F)F. The summed E-state index contributed by atoms with van der Waals surface area (Å²) < 4.78 is 39.4. The maximum atomic E-state index is 13.1. The number of halogens is 4. The lowest BCUT2D eigenvalue weighted by Crippen LogP contribution is -2.13. The number of ketones is 1. The number of aryl methyl sites for hydroxylation is 2. The second-order valence-electron chi connectivity index (χ2n) is 7.77. The van der Waals surface area contributed by atoms with Gasteiger partial charge in [-0.2, -0.15) is 13.2 Å². The van der Waals surface area contributed by atoms with Gasteiger partial charge in [0.25, 0.3) is 5.91 Å². The summed E-state index contributed by atoms with van der Waals surface area (Å²) in [7, 11) is 0. The predicted octanol–water partition coefficient (Wildman–Crippen LogP) is 6.12. The lowest BCUT2D eigenvalue weighted by molar-refractivity contribution is -0.138. The van der Waals surface area contributed by atoms with Crippen molar-refractivity contribution in [1.82, 2.24) is 19.9 Å². The first-order valence-electron chi connectivity index (χ1n) is 10.8. The number of anilines is 3. The topological polar surface area (TPSA) is 110 Å². The lowest BCUT2D eigenvalue weighted by atomic mass is 10.1. The Morgan fingerprint density at radius 3 is 2.54 bits per heavy atom. The van der Waals surface area contributed by atoms with Gasteiger partial charge >= 0.3 is 6.18 Å². The zero-order chi connectivity index (χ0) is 26.6. The van der Waals surface area contributed by atoms with Crippen LogP contribution in [0.5, 0.6) is 0 Å². The molecule has 0 saturated heterocycles. The quantitative estimate of drug-likeness (QED) is 0.256. The van der Waals surface area contributed by atoms with E-state index in [2.05, 4.69) is 30.6 Å². The Hall–Kier alpha value is -3.90. The van der Waals surface area contributed by atoms with Gasteiger partial charge in [0.2, 0.25) is 0 Å². The van der Waals surface area contributed by atoms with Crippen LogP contribution in [0.2, 0.25) is 5.02 Å². The lowest BCUT2D eigenvalue weighted by Gasteiger charge is -2.12. The number of carbonyl (C=O) groups excluding carboxylic acids is 2. The molecule has 0 fully saturated rings. The average molecular weight is 547 g/mol. The predicted molar refractivity (Wildman–Crippen MR) is 133 cm³/mol. The summed E-state index contributed by atoms with van der Waals surface area (Å²) in [5.41, 5.74) is -0.0243. The summed E-state index contributed by atoms with van der Waals surface area (Å²) in [6, 6.07) is 7.00. The van der Waals surface area contributed by atoms with Crippen molar-refractivity contribution in [1.29, 1.82) is 0 Å². The maximum absolute atomic E-state index is 13.1. The average Bonchev–Trinajstić information content (AvgIpc) is 3.34. The van der Waals surface area contributed by atoms with E-state index in [9.17, 15) is 22.8 Å². The van der Waals surface area contributed by atoms with Gasteiger partial charge < -0.3 is 10.6 Å². The Labute approximate surface area is 218 Å². The molecule has 0 bridgehead atoms. The van der Waals surface area contributed by atoms with Crippen LogP contribution in [0.1, 0.15) is 42.7 Å². The minimum Gasteiger partial charge on any atom is -0.339 e. The largest absolute Gasteiger partial charge is 0.416 e. The van der Waals surface area contributed by atoms with Crippen molar-refractivity contribution >= 4 is 51.8 Å². The molecule has 1 amide bonds. The van der Waals surface area contributed by atoms with E-state index in [0.29, 0.717) is 10.7 Å². The molecule has 1 aromatic carbocycles. The number of amides is 1. The molecule has 8 nitrogen and oxygen atoms in total. The highest BCUT2D eigenvalue weighted by atomic mass is 35.5. The summed E-state index contributed by atoms with van der Waals surface area (Å²) in [5, 5.41) is 6.02. The van der Waals surface area contributed by atoms with Crippen molar-refractivity contribution in [3.63, 3.8) is 0 Å². The molecule has 0 atom stereocenters. The third kappa shape index (κ3) is 6.46. The first-order valence-corrected chi connectivity index (χ1v) is 12.0. The van der Waals surface area contributed by atoms with Crippen LogP contribution < -0.4 is 10.6 Å². The summed E-state index contributed by atoms with van der Waals surface area (Å²) in [6.07, 6.45) is 1.42. The highest BCUT2D eigenvalue weighted by molar-refractivity contribution is 7.13. The maximum Gasteiger partial charge on any atom is 0.416 e. The van der Waals surface area contributed by atoms with Gasteiger partial charge in [0, 0.05) is 36.6 Å². The molecule has 190 valence electrons. The fourth-order valence-corrected chi connectivity index (χ4v) is 4.35. The molecule has 0 unspecified atom stereocenters. The van der Waals surface area contributed by atoms with Crippen LogP contribution in [0.3, 0.4) is 0 Å². The number of nitrogens with zero attached hydrogens (tertiary/aromatic N) is 4. The highest BCUT2D eigenvalue weighted by Gasteiger charge is 2.32. The summed E-state index contributed by atoms with van der Waals surface area (Å²) in [4.78, 5) is 41.6. The van der Waals surface area contributed by atoms with E-state index in [-0.39, 0.29) is 51.3 Å². The Bertz CT molecular complexity index is 1450. The van der Waals surface area contributed by atoms with E-state index in [1.54, 1.807) is 24.5 Å². The van der Waals surface area contributed by atoms with Crippen LogP contribution in [0.25, 0.3) is 0 Å². The van der Waals surface area contributed by atoms with Crippen molar-refractivity contribution in [3.05, 3.63) is 87.0 Å². The minimum atomic E-state index is -4.53. The molecule has 0 spiro atoms. The Kier molecular flexibility index (Phi) is 7.79. The van der Waals surface area contributed by atoms with E-state index in [0.717, 1.165) is 17.4 Å². The van der Waals surface area contributed by atoms with Crippen LogP contribution in [-0.4, -0.2) is 31.6 Å². The normalized spacial score (nSPS) is 11.3. The molecule has 3 aromatic heterocycles. The van der Waals surface area contributed by atoms with E-state index in [1.165, 1.54) is 31.6 Å². The van der Waals surface area contributed by atoms with Crippen LogP contribution >= 0.6 is 22.9 Å². The number of rotatable bonds is 8. The van der Waals surface area contributed by atoms with Crippen molar-refractivity contribution < 1.29 is 22.8 Å². The number of aromatic nitrogens is 4. The number of benzene rings is 1. The van der Waals surface area contributed by atoms with Crippen molar-refractivity contribution in [2.75, 3.05) is 10.6 Å². The molecule has 4 aromatic rings. The third-order valence-electron chi connectivity index (χ3n) is 5.14. The summed E-state index contributed by atoms with van der Waals surface area (Å²) in [5.74, 6) is -0.673. The number of carbonyl (C=O) groups is 2. The molecule has 0 aliphatic heterocycles. The van der Waals surface area contributed by atoms with Gasteiger partial charge in [0.1, 0.15) is 21.9 Å². The molecule has 3 heterocycles. The molecule has 0 aliphatic rings. The number of nitrogens with one attached hydrogen (secondary N) is 2. The Balaban J connectivity index is 1.38. The van der Waals surface area contributed by atoms with E-state index < -0.39 is 17.6 Å². The molecule has 0 aliphatic carbocycles. The Morgan fingerprint density at radius 1 is 1.05 bits per heavy atom. The number of hydrogen-bond donors (Lipinski definition) is 2. The first-order chi connectivity index (χ1) is 17.6. The second kappa shape index (κ2) is 11.0. The van der Waals surface area contributed by atoms with Crippen LogP contribution in [0.4, 0.5) is 30.4 Å². The first kappa shape index (κ1) is 26.2. The number of pyridine rings is 1. The zero-order valence-corrected chi connectivity index (χ0v) is 20.7. The molecule has 4 rings (SSSR count). The van der Waals surface area contributed by atoms with Gasteiger partial charge in [-0.1, -0.05) is 17.7 Å². The van der Waals surface area contributed by atoms with Crippen molar-refractivity contribution in [2.45, 2.75) is 25.9 Å². The van der Waals surface area contributed by atoms with Gasteiger partial charge in [-0.15, -0.1) is 11.3 Å². The zero-order valence-electron chi connectivity index (χ0n) is 19.1. The van der Waals surface area contributed by atoms with E-state index >= 15 is 0 Å². The number of alkyl halides is 3. The molecular weight excluding hydrogens is 529 g/mol. The summed E-state index contributed by atoms with van der Waals surface area (Å²) >= 11 is 7.38. The van der Waals surface area contributed by atoms with Crippen LogP contribution in [-0.2, 0) is 12.6 Å². The fraction of sp³-hybridized carbons (Fsp3) is 0.167. The smallest absolute Gasteiger partial charge is 0.339 e. The molecule has 2 N–H and O–H groups in total. The number of hydrogen-bond acceptors (Lipinski definition) is 8. The van der Waals surface area contributed by atoms with Gasteiger partial charge in [-0.05, 0) is 36.8 Å². The second-order valence-corrected chi connectivity index (χ2v) is 9.26. The van der Waals surface area contributed by atoms with E-state index in [1.807, 2.05) is 0 Å². The van der Waals surface area contributed by atoms with Crippen molar-refractivity contribution in [2.24, 2.45) is 0 Å². The van der Waals surface area contributed by atoms with Gasteiger partial charge in [0.05, 0.1) is 16.8 Å². The molecule has 37 heavy (non-hydrogen) atoms. The fourth-order valence-electron chi connectivity index (χ4n) is 3.29. The number of thiazole rings is 1. The third-order valence-corrected chi connectivity index (χ3v) is 6.55. The van der Waals surface area contributed by atoms with Crippen LogP contribution in [0, 0.1) is 6.92 Å². The van der Waals surface area contributed by atoms with E-state index in [4.69, 9.17) is 11.6 Å². The summed E-state index contributed by atoms with van der Waals surface area (Å²) in [6.45, 7) is 1.35. The monoisotopic (exact) mass is 546 g/mol. The highest BCUT2D eigenvalue weighted by Crippen LogP contribution is 2.33. The Morgan fingerprint density at radius 2 is 1.81 bits per heavy atom. The number of Topliss-reactive ketones (excluding diaryl/α,β-unsaturated/α-hetero) is 1. The van der Waals surface area contributed by atoms with Crippen molar-refractivity contribution in [3.8, 4) is 0 Å². The van der Waals surface area contributed by atoms with Gasteiger partial charge in [0.15, 0.2) is 11.6 Å². The van der Waals surface area contributed by atoms with Crippen LogP contribution in [0.15, 0.2) is 55.2 Å². The van der Waals surface area contributed by atoms with Gasteiger partial charge in [-0.25, -0.2) is 15.0 Å². The minimum absolute atomic E-state index is 0.0163. The van der Waals surface area contributed by atoms with Gasteiger partial charge in [-0.3, -0.25) is 14.6 Å². The molecule has 0 saturated carbocycles. The standard InChI is InChI=1S/C24H18ClF3N6O2S/c1-13-2-3-15(10-16(13)24(26,27)28)34-23(36)18-11-30-19(37-18)5-4-17(35)21-20(25)22(32-12-31-21)33-14-6-8-29-9-7-14/h2-3,6-12H,4-5H2,1H3,(H,34,36)(H,29,31,32,33). The molecule has 13 heteroatoms.